The van der Waals surface area contributed by atoms with E-state index >= 15 is 0 Å². The molecule has 0 aliphatic carbocycles. The third-order valence-corrected chi connectivity index (χ3v) is 3.04. The minimum Gasteiger partial charge on any atom is -0.493 e. The average Bonchev–Trinajstić information content (AvgIpc) is 2.43. The maximum atomic E-state index is 5.43. The fourth-order valence-corrected chi connectivity index (χ4v) is 1.73. The molecule has 102 valence electrons. The van der Waals surface area contributed by atoms with Crippen LogP contribution in [0.25, 0.3) is 0 Å². The Hall–Kier alpha value is -1.42. The highest BCUT2D eigenvalue weighted by atomic mass is 16.5. The minimum absolute atomic E-state index is 0.475. The number of benzene rings is 1. The van der Waals surface area contributed by atoms with Crippen molar-refractivity contribution in [2.45, 2.75) is 32.9 Å². The summed E-state index contributed by atoms with van der Waals surface area (Å²) in [4.78, 5) is 0. The molecule has 0 bridgehead atoms. The van der Waals surface area contributed by atoms with Crippen LogP contribution in [0, 0.1) is 0 Å². The van der Waals surface area contributed by atoms with Gasteiger partial charge in [-0.3, -0.25) is 0 Å². The zero-order valence-electron chi connectivity index (χ0n) is 11.9. The number of methoxy groups -OCH3 is 3. The Morgan fingerprint density at radius 2 is 1.72 bits per heavy atom. The van der Waals surface area contributed by atoms with Crippen LogP contribution in [0.15, 0.2) is 12.1 Å². The van der Waals surface area contributed by atoms with Gasteiger partial charge >= 0.3 is 0 Å². The molecule has 0 saturated carbocycles. The van der Waals surface area contributed by atoms with E-state index < -0.39 is 0 Å². The summed E-state index contributed by atoms with van der Waals surface area (Å²) in [6, 6.07) is 4.37. The van der Waals surface area contributed by atoms with Crippen LogP contribution in [0.5, 0.6) is 17.2 Å². The second-order valence-electron chi connectivity index (χ2n) is 4.18. The van der Waals surface area contributed by atoms with Gasteiger partial charge in [-0.1, -0.05) is 13.0 Å². The molecule has 0 spiro atoms. The Bertz CT molecular complexity index is 380. The molecule has 0 aromatic heterocycles. The molecule has 1 N–H and O–H groups in total. The number of rotatable bonds is 7. The third-order valence-electron chi connectivity index (χ3n) is 3.04. The lowest BCUT2D eigenvalue weighted by Gasteiger charge is -2.17. The number of hydrogen-bond acceptors (Lipinski definition) is 4. The highest BCUT2D eigenvalue weighted by molar-refractivity contribution is 5.55. The zero-order valence-corrected chi connectivity index (χ0v) is 11.9. The van der Waals surface area contributed by atoms with Gasteiger partial charge in [0.05, 0.1) is 21.3 Å². The van der Waals surface area contributed by atoms with Crippen LogP contribution in [0.3, 0.4) is 0 Å². The van der Waals surface area contributed by atoms with Gasteiger partial charge in [0.2, 0.25) is 5.75 Å². The fraction of sp³-hybridized carbons (Fsp3) is 0.571. The van der Waals surface area contributed by atoms with Crippen molar-refractivity contribution in [2.24, 2.45) is 0 Å². The van der Waals surface area contributed by atoms with Gasteiger partial charge in [0.1, 0.15) is 0 Å². The van der Waals surface area contributed by atoms with Crippen molar-refractivity contribution in [1.29, 1.82) is 0 Å². The average molecular weight is 253 g/mol. The lowest BCUT2D eigenvalue weighted by Crippen LogP contribution is -2.24. The molecule has 18 heavy (non-hydrogen) atoms. The summed E-state index contributed by atoms with van der Waals surface area (Å²) in [6.07, 6.45) is 1.09. The molecule has 1 aromatic carbocycles. The van der Waals surface area contributed by atoms with E-state index in [2.05, 4.69) is 19.2 Å². The van der Waals surface area contributed by atoms with E-state index in [-0.39, 0.29) is 0 Å². The molecule has 0 aliphatic rings. The van der Waals surface area contributed by atoms with Crippen molar-refractivity contribution in [2.75, 3.05) is 21.3 Å². The van der Waals surface area contributed by atoms with Gasteiger partial charge < -0.3 is 19.5 Å². The number of ether oxygens (including phenoxy) is 3. The van der Waals surface area contributed by atoms with Crippen molar-refractivity contribution in [3.8, 4) is 17.2 Å². The summed E-state index contributed by atoms with van der Waals surface area (Å²) in [5.41, 5.74) is 1.07. The largest absolute Gasteiger partial charge is 0.493 e. The molecular weight excluding hydrogens is 230 g/mol. The maximum absolute atomic E-state index is 5.43. The molecule has 0 saturated heterocycles. The maximum Gasteiger partial charge on any atom is 0.203 e. The van der Waals surface area contributed by atoms with Gasteiger partial charge in [-0.25, -0.2) is 0 Å². The quantitative estimate of drug-likeness (QED) is 0.811. The first-order valence-electron chi connectivity index (χ1n) is 6.19. The Kier molecular flexibility index (Phi) is 5.78. The standard InChI is InChI=1S/C14H23NO3/c1-6-10(2)15-9-11-7-8-12(16-3)14(18-5)13(11)17-4/h7-8,10,15H,6,9H2,1-5H3/t10-/m1/s1. The number of hydrogen-bond donors (Lipinski definition) is 1. The van der Waals surface area contributed by atoms with E-state index in [0.29, 0.717) is 17.5 Å². The van der Waals surface area contributed by atoms with Crippen LogP contribution < -0.4 is 19.5 Å². The molecule has 0 amide bonds. The van der Waals surface area contributed by atoms with Crippen LogP contribution in [-0.4, -0.2) is 27.4 Å². The van der Waals surface area contributed by atoms with E-state index in [9.17, 15) is 0 Å². The van der Waals surface area contributed by atoms with E-state index in [0.717, 1.165) is 24.3 Å². The van der Waals surface area contributed by atoms with E-state index in [1.807, 2.05) is 12.1 Å². The first-order valence-corrected chi connectivity index (χ1v) is 6.19. The molecular formula is C14H23NO3. The second kappa shape index (κ2) is 7.11. The van der Waals surface area contributed by atoms with Gasteiger partial charge in [-0.15, -0.1) is 0 Å². The molecule has 1 rings (SSSR count). The van der Waals surface area contributed by atoms with Crippen LogP contribution in [0.4, 0.5) is 0 Å². The first kappa shape index (κ1) is 14.6. The molecule has 0 aliphatic heterocycles. The van der Waals surface area contributed by atoms with Crippen LogP contribution in [0.1, 0.15) is 25.8 Å². The van der Waals surface area contributed by atoms with Gasteiger partial charge in [0.15, 0.2) is 11.5 Å². The van der Waals surface area contributed by atoms with Gasteiger partial charge in [-0.05, 0) is 19.4 Å². The molecule has 4 heteroatoms. The summed E-state index contributed by atoms with van der Waals surface area (Å²) in [5, 5.41) is 3.44. The Morgan fingerprint density at radius 3 is 2.22 bits per heavy atom. The fourth-order valence-electron chi connectivity index (χ4n) is 1.73. The molecule has 0 fully saturated rings. The van der Waals surface area contributed by atoms with E-state index in [4.69, 9.17) is 14.2 Å². The predicted molar refractivity (Wildman–Crippen MR) is 72.7 cm³/mol. The van der Waals surface area contributed by atoms with E-state index in [1.54, 1.807) is 21.3 Å². The summed E-state index contributed by atoms with van der Waals surface area (Å²) in [5.74, 6) is 2.05. The van der Waals surface area contributed by atoms with Gasteiger partial charge in [0, 0.05) is 18.2 Å². The van der Waals surface area contributed by atoms with Crippen molar-refractivity contribution in [1.82, 2.24) is 5.32 Å². The Morgan fingerprint density at radius 1 is 1.06 bits per heavy atom. The van der Waals surface area contributed by atoms with E-state index in [1.165, 1.54) is 0 Å². The normalized spacial score (nSPS) is 12.1. The predicted octanol–water partition coefficient (Wildman–Crippen LogP) is 2.60. The summed E-state index contributed by atoms with van der Waals surface area (Å²) in [7, 11) is 4.88. The first-order chi connectivity index (χ1) is 8.67. The monoisotopic (exact) mass is 253 g/mol. The second-order valence-corrected chi connectivity index (χ2v) is 4.18. The Labute approximate surface area is 109 Å². The van der Waals surface area contributed by atoms with Gasteiger partial charge in [0.25, 0.3) is 0 Å². The zero-order chi connectivity index (χ0) is 13.5. The van der Waals surface area contributed by atoms with Crippen LogP contribution >= 0.6 is 0 Å². The van der Waals surface area contributed by atoms with Crippen molar-refractivity contribution in [3.63, 3.8) is 0 Å². The summed E-state index contributed by atoms with van der Waals surface area (Å²) >= 11 is 0. The minimum atomic E-state index is 0.475. The molecule has 4 nitrogen and oxygen atoms in total. The van der Waals surface area contributed by atoms with Crippen LogP contribution in [-0.2, 0) is 6.54 Å². The van der Waals surface area contributed by atoms with Gasteiger partial charge in [-0.2, -0.15) is 0 Å². The molecule has 0 radical (unpaired) electrons. The summed E-state index contributed by atoms with van der Waals surface area (Å²) in [6.45, 7) is 5.06. The topological polar surface area (TPSA) is 39.7 Å². The lowest BCUT2D eigenvalue weighted by atomic mass is 10.1. The number of nitrogens with one attached hydrogen (secondary N) is 1. The van der Waals surface area contributed by atoms with Crippen molar-refractivity contribution in [3.05, 3.63) is 17.7 Å². The highest BCUT2D eigenvalue weighted by Crippen LogP contribution is 2.39. The van der Waals surface area contributed by atoms with Crippen LogP contribution in [0.2, 0.25) is 0 Å². The molecule has 0 unspecified atom stereocenters. The molecule has 1 atom stereocenters. The smallest absolute Gasteiger partial charge is 0.203 e. The van der Waals surface area contributed by atoms with Crippen molar-refractivity contribution >= 4 is 0 Å². The summed E-state index contributed by atoms with van der Waals surface area (Å²) < 4.78 is 16.0. The molecule has 1 aromatic rings. The SMILES string of the molecule is CC[C@@H](C)NCc1ccc(OC)c(OC)c1OC. The highest BCUT2D eigenvalue weighted by Gasteiger charge is 2.15. The third kappa shape index (κ3) is 3.29. The molecule has 0 heterocycles. The lowest BCUT2D eigenvalue weighted by molar-refractivity contribution is 0.321. The Balaban J connectivity index is 2.97. The van der Waals surface area contributed by atoms with Crippen molar-refractivity contribution < 1.29 is 14.2 Å².